The van der Waals surface area contributed by atoms with E-state index in [2.05, 4.69) is 39.2 Å². The molecule has 0 fully saturated rings. The van der Waals surface area contributed by atoms with E-state index in [0.717, 1.165) is 0 Å². The number of carbonyl (C=O) groups is 2. The topological polar surface area (TPSA) is 73.9 Å². The summed E-state index contributed by atoms with van der Waals surface area (Å²) in [5, 5.41) is 2.70. The van der Waals surface area contributed by atoms with Crippen molar-refractivity contribution in [2.24, 2.45) is 0 Å². The first kappa shape index (κ1) is 24.9. The van der Waals surface area contributed by atoms with E-state index in [9.17, 15) is 9.59 Å². The summed E-state index contributed by atoms with van der Waals surface area (Å²) in [5.74, 6) is -0.484. The molecule has 26 heavy (non-hydrogen) atoms. The van der Waals surface area contributed by atoms with Crippen molar-refractivity contribution in [3.63, 3.8) is 0 Å². The molecule has 0 aliphatic rings. The molecule has 1 amide bonds. The summed E-state index contributed by atoms with van der Waals surface area (Å²) in [6, 6.07) is -0.811. The average molecular weight is 390 g/mol. The number of nitrogens with one attached hydrogen (secondary N) is 1. The van der Waals surface area contributed by atoms with E-state index in [4.69, 9.17) is 13.9 Å². The Morgan fingerprint density at radius 3 is 1.73 bits per heavy atom. The number of ether oxygens (including phenoxy) is 2. The van der Waals surface area contributed by atoms with E-state index in [1.165, 1.54) is 0 Å². The highest BCUT2D eigenvalue weighted by Gasteiger charge is 2.37. The van der Waals surface area contributed by atoms with Crippen molar-refractivity contribution < 1.29 is 23.5 Å². The molecule has 1 unspecified atom stereocenters. The van der Waals surface area contributed by atoms with Crippen LogP contribution in [0.3, 0.4) is 0 Å². The zero-order valence-corrected chi connectivity index (χ0v) is 19.5. The van der Waals surface area contributed by atoms with Crippen LogP contribution in [0.1, 0.15) is 68.7 Å². The number of alkyl carbamates (subject to hydrolysis) is 1. The summed E-state index contributed by atoms with van der Waals surface area (Å²) >= 11 is 0. The summed E-state index contributed by atoms with van der Waals surface area (Å²) in [6.45, 7) is 21.8. The number of esters is 1. The first-order valence-electron chi connectivity index (χ1n) is 9.20. The predicted molar refractivity (Wildman–Crippen MR) is 107 cm³/mol. The molecular formula is C19H39NO5Si. The highest BCUT2D eigenvalue weighted by Crippen LogP contribution is 2.36. The third-order valence-electron chi connectivity index (χ3n) is 4.06. The lowest BCUT2D eigenvalue weighted by molar-refractivity contribution is -0.157. The second kappa shape index (κ2) is 8.74. The van der Waals surface area contributed by atoms with Crippen molar-refractivity contribution in [1.82, 2.24) is 5.32 Å². The van der Waals surface area contributed by atoms with Gasteiger partial charge in [-0.25, -0.2) is 9.59 Å². The lowest BCUT2D eigenvalue weighted by Crippen LogP contribution is -2.47. The van der Waals surface area contributed by atoms with Crippen molar-refractivity contribution in [3.8, 4) is 0 Å². The normalized spacial score (nSPS) is 14.6. The summed E-state index contributed by atoms with van der Waals surface area (Å²) in [7, 11) is -1.93. The van der Waals surface area contributed by atoms with Gasteiger partial charge in [-0.05, 0) is 59.7 Å². The van der Waals surface area contributed by atoms with Gasteiger partial charge in [0.25, 0.3) is 0 Å². The fourth-order valence-electron chi connectivity index (χ4n) is 1.72. The van der Waals surface area contributed by atoms with E-state index in [-0.39, 0.29) is 5.04 Å². The van der Waals surface area contributed by atoms with Crippen LogP contribution in [0.5, 0.6) is 0 Å². The molecule has 1 N–H and O–H groups in total. The SMILES string of the molecule is CC(C)(C)OC(=O)NC(CCO[Si](C)(C)C(C)(C)C)C(=O)OC(C)(C)C. The largest absolute Gasteiger partial charge is 0.458 e. The number of rotatable bonds is 6. The number of hydrogen-bond donors (Lipinski definition) is 1. The fraction of sp³-hybridized carbons (Fsp3) is 0.895. The van der Waals surface area contributed by atoms with Gasteiger partial charge in [0.05, 0.1) is 0 Å². The Hall–Kier alpha value is -1.08. The third kappa shape index (κ3) is 10.2. The van der Waals surface area contributed by atoms with Crippen LogP contribution in [-0.4, -0.2) is 44.2 Å². The molecule has 0 spiro atoms. The Labute approximate surface area is 160 Å². The summed E-state index contributed by atoms with van der Waals surface area (Å²) in [4.78, 5) is 24.6. The maximum absolute atomic E-state index is 12.5. The molecule has 154 valence electrons. The molecule has 0 aromatic heterocycles. The molecule has 0 rings (SSSR count). The molecule has 0 saturated heterocycles. The minimum atomic E-state index is -1.93. The molecule has 0 aliphatic heterocycles. The zero-order valence-electron chi connectivity index (χ0n) is 18.5. The molecule has 7 heteroatoms. The maximum Gasteiger partial charge on any atom is 0.408 e. The van der Waals surface area contributed by atoms with E-state index >= 15 is 0 Å². The molecule has 6 nitrogen and oxygen atoms in total. The summed E-state index contributed by atoms with van der Waals surface area (Å²) in [5.41, 5.74) is -1.27. The van der Waals surface area contributed by atoms with Gasteiger partial charge in [0.15, 0.2) is 8.32 Å². The van der Waals surface area contributed by atoms with Crippen molar-refractivity contribution in [3.05, 3.63) is 0 Å². The number of carbonyl (C=O) groups excluding carboxylic acids is 2. The van der Waals surface area contributed by atoms with Gasteiger partial charge in [0.1, 0.15) is 17.2 Å². The zero-order chi connectivity index (χ0) is 21.0. The third-order valence-corrected chi connectivity index (χ3v) is 8.60. The first-order valence-corrected chi connectivity index (χ1v) is 12.1. The van der Waals surface area contributed by atoms with Crippen LogP contribution in [0.4, 0.5) is 4.79 Å². The number of amides is 1. The minimum Gasteiger partial charge on any atom is -0.458 e. The monoisotopic (exact) mass is 389 g/mol. The van der Waals surface area contributed by atoms with Gasteiger partial charge in [-0.3, -0.25) is 0 Å². The van der Waals surface area contributed by atoms with E-state index < -0.39 is 37.6 Å². The van der Waals surface area contributed by atoms with Gasteiger partial charge in [-0.2, -0.15) is 0 Å². The van der Waals surface area contributed by atoms with Crippen molar-refractivity contribution in [2.75, 3.05) is 6.61 Å². The van der Waals surface area contributed by atoms with Gasteiger partial charge in [0, 0.05) is 13.0 Å². The molecule has 0 radical (unpaired) electrons. The van der Waals surface area contributed by atoms with Crippen LogP contribution in [-0.2, 0) is 18.7 Å². The Kier molecular flexibility index (Phi) is 8.37. The molecule has 0 heterocycles. The van der Waals surface area contributed by atoms with Gasteiger partial charge >= 0.3 is 12.1 Å². The van der Waals surface area contributed by atoms with Crippen LogP contribution in [0.15, 0.2) is 0 Å². The van der Waals surface area contributed by atoms with E-state index in [0.29, 0.717) is 13.0 Å². The Morgan fingerprint density at radius 1 is 0.885 bits per heavy atom. The lowest BCUT2D eigenvalue weighted by atomic mass is 10.1. The molecular weight excluding hydrogens is 350 g/mol. The first-order chi connectivity index (χ1) is 11.3. The van der Waals surface area contributed by atoms with Crippen LogP contribution >= 0.6 is 0 Å². The van der Waals surface area contributed by atoms with Crippen LogP contribution in [0.25, 0.3) is 0 Å². The predicted octanol–water partition coefficient (Wildman–Crippen LogP) is 4.63. The molecule has 1 atom stereocenters. The standard InChI is InChI=1S/C19H39NO5Si/c1-17(2,3)24-15(21)14(20-16(22)25-18(4,5)6)12-13-23-26(10,11)19(7,8)9/h14H,12-13H2,1-11H3,(H,20,22). The molecule has 0 aromatic carbocycles. The van der Waals surface area contributed by atoms with Gasteiger partial charge in [0.2, 0.25) is 0 Å². The molecule has 0 aromatic rings. The Bertz CT molecular complexity index is 484. The van der Waals surface area contributed by atoms with Crippen molar-refractivity contribution in [2.45, 2.75) is 104 Å². The second-order valence-corrected chi connectivity index (χ2v) is 14.9. The smallest absolute Gasteiger partial charge is 0.408 e. The highest BCUT2D eigenvalue weighted by molar-refractivity contribution is 6.74. The van der Waals surface area contributed by atoms with E-state index in [1.54, 1.807) is 41.5 Å². The van der Waals surface area contributed by atoms with Gasteiger partial charge in [-0.15, -0.1) is 0 Å². The fourth-order valence-corrected chi connectivity index (χ4v) is 2.78. The minimum absolute atomic E-state index is 0.0764. The van der Waals surface area contributed by atoms with Crippen LogP contribution < -0.4 is 5.32 Å². The van der Waals surface area contributed by atoms with Crippen LogP contribution in [0, 0.1) is 0 Å². The number of hydrogen-bond acceptors (Lipinski definition) is 5. The second-order valence-electron chi connectivity index (χ2n) is 10.1. The summed E-state index contributed by atoms with van der Waals surface area (Å²) < 4.78 is 16.8. The molecule has 0 aliphatic carbocycles. The van der Waals surface area contributed by atoms with Gasteiger partial charge < -0.3 is 19.2 Å². The lowest BCUT2D eigenvalue weighted by Gasteiger charge is -2.36. The van der Waals surface area contributed by atoms with Gasteiger partial charge in [-0.1, -0.05) is 20.8 Å². The Morgan fingerprint density at radius 2 is 1.35 bits per heavy atom. The molecule has 0 saturated carbocycles. The maximum atomic E-state index is 12.5. The highest BCUT2D eigenvalue weighted by atomic mass is 28.4. The quantitative estimate of drug-likeness (QED) is 0.529. The average Bonchev–Trinajstić information content (AvgIpc) is 2.31. The van der Waals surface area contributed by atoms with E-state index in [1.807, 2.05) is 0 Å². The van der Waals surface area contributed by atoms with Crippen molar-refractivity contribution >= 4 is 20.4 Å². The molecule has 0 bridgehead atoms. The van der Waals surface area contributed by atoms with Crippen LogP contribution in [0.2, 0.25) is 18.1 Å². The van der Waals surface area contributed by atoms with Crippen molar-refractivity contribution in [1.29, 1.82) is 0 Å². The Balaban J connectivity index is 4.99. The summed E-state index contributed by atoms with van der Waals surface area (Å²) in [6.07, 6.45) is -0.304.